The van der Waals surface area contributed by atoms with Crippen LogP contribution < -0.4 is 4.90 Å². The number of para-hydroxylation sites is 1. The number of piperazine rings is 1. The first-order valence-corrected chi connectivity index (χ1v) is 10.9. The lowest BCUT2D eigenvalue weighted by Crippen LogP contribution is -2.48. The highest BCUT2D eigenvalue weighted by Gasteiger charge is 2.28. The Morgan fingerprint density at radius 2 is 1.47 bits per heavy atom. The van der Waals surface area contributed by atoms with Crippen LogP contribution >= 0.6 is 23.2 Å². The van der Waals surface area contributed by atoms with Gasteiger partial charge in [0, 0.05) is 54.9 Å². The predicted molar refractivity (Wildman–Crippen MR) is 125 cm³/mol. The molecule has 0 spiro atoms. The van der Waals surface area contributed by atoms with E-state index in [2.05, 4.69) is 46.2 Å². The van der Waals surface area contributed by atoms with E-state index in [0.29, 0.717) is 22.0 Å². The molecule has 3 aromatic carbocycles. The lowest BCUT2D eigenvalue weighted by Gasteiger charge is -2.40. The number of ketones is 1. The topological polar surface area (TPSA) is 23.6 Å². The molecule has 1 atom stereocenters. The van der Waals surface area contributed by atoms with Gasteiger partial charge in [-0.05, 0) is 35.9 Å². The zero-order chi connectivity index (χ0) is 20.9. The van der Waals surface area contributed by atoms with Crippen LogP contribution in [-0.4, -0.2) is 36.9 Å². The van der Waals surface area contributed by atoms with E-state index in [0.717, 1.165) is 31.7 Å². The number of nitrogens with zero attached hydrogens (tertiary/aromatic N) is 2. The molecule has 154 valence electrons. The molecule has 0 N–H and O–H groups in total. The van der Waals surface area contributed by atoms with Gasteiger partial charge in [-0.1, -0.05) is 71.7 Å². The van der Waals surface area contributed by atoms with Crippen LogP contribution in [0.3, 0.4) is 0 Å². The SMILES string of the molecule is O=C(C[C@@H](c1ccccc1)N1CCN(c2ccccc2)CC1)c1ccc(Cl)cc1Cl. The van der Waals surface area contributed by atoms with Crippen molar-refractivity contribution in [2.75, 3.05) is 31.1 Å². The fraction of sp³-hybridized carbons (Fsp3) is 0.240. The molecule has 0 bridgehead atoms. The summed E-state index contributed by atoms with van der Waals surface area (Å²) in [6, 6.07) is 25.8. The molecule has 0 aliphatic carbocycles. The van der Waals surface area contributed by atoms with Gasteiger partial charge >= 0.3 is 0 Å². The summed E-state index contributed by atoms with van der Waals surface area (Å²) in [5, 5.41) is 0.946. The third kappa shape index (κ3) is 4.86. The number of Topliss-reactive ketones (excluding diaryl/α,β-unsaturated/α-hetero) is 1. The zero-order valence-electron chi connectivity index (χ0n) is 16.7. The van der Waals surface area contributed by atoms with Gasteiger partial charge in [-0.2, -0.15) is 0 Å². The summed E-state index contributed by atoms with van der Waals surface area (Å²) in [5.74, 6) is 0.0380. The highest BCUT2D eigenvalue weighted by atomic mass is 35.5. The lowest BCUT2D eigenvalue weighted by molar-refractivity contribution is 0.0910. The van der Waals surface area contributed by atoms with Crippen LogP contribution in [0.15, 0.2) is 78.9 Å². The minimum Gasteiger partial charge on any atom is -0.369 e. The van der Waals surface area contributed by atoms with Crippen LogP contribution in [0.25, 0.3) is 0 Å². The zero-order valence-corrected chi connectivity index (χ0v) is 18.2. The van der Waals surface area contributed by atoms with Crippen molar-refractivity contribution in [3.05, 3.63) is 100 Å². The molecule has 0 saturated carbocycles. The van der Waals surface area contributed by atoms with E-state index in [-0.39, 0.29) is 11.8 Å². The van der Waals surface area contributed by atoms with Crippen LogP contribution in [0, 0.1) is 0 Å². The summed E-state index contributed by atoms with van der Waals surface area (Å²) in [6.45, 7) is 3.67. The Morgan fingerprint density at radius 1 is 0.833 bits per heavy atom. The number of hydrogen-bond acceptors (Lipinski definition) is 3. The average molecular weight is 439 g/mol. The Kier molecular flexibility index (Phi) is 6.73. The molecule has 1 aliphatic rings. The van der Waals surface area contributed by atoms with Crippen LogP contribution in [0.5, 0.6) is 0 Å². The van der Waals surface area contributed by atoms with Crippen LogP contribution in [-0.2, 0) is 0 Å². The third-order valence-corrected chi connectivity index (χ3v) is 6.22. The maximum atomic E-state index is 13.1. The number of hydrogen-bond donors (Lipinski definition) is 0. The monoisotopic (exact) mass is 438 g/mol. The first kappa shape index (κ1) is 20.9. The summed E-state index contributed by atoms with van der Waals surface area (Å²) in [7, 11) is 0. The second-order valence-corrected chi connectivity index (χ2v) is 8.38. The van der Waals surface area contributed by atoms with Crippen molar-refractivity contribution in [1.29, 1.82) is 0 Å². The molecule has 3 nitrogen and oxygen atoms in total. The van der Waals surface area contributed by atoms with Crippen molar-refractivity contribution in [1.82, 2.24) is 4.90 Å². The van der Waals surface area contributed by atoms with Crippen LogP contribution in [0.2, 0.25) is 10.0 Å². The maximum Gasteiger partial charge on any atom is 0.166 e. The number of carbonyl (C=O) groups is 1. The Morgan fingerprint density at radius 3 is 2.10 bits per heavy atom. The molecule has 1 saturated heterocycles. The summed E-state index contributed by atoms with van der Waals surface area (Å²) in [4.78, 5) is 17.9. The normalized spacial score (nSPS) is 15.7. The summed E-state index contributed by atoms with van der Waals surface area (Å²) < 4.78 is 0. The van der Waals surface area contributed by atoms with Crippen LogP contribution in [0.4, 0.5) is 5.69 Å². The molecule has 0 aromatic heterocycles. The Labute approximate surface area is 187 Å². The van der Waals surface area contributed by atoms with Gasteiger partial charge in [-0.15, -0.1) is 0 Å². The van der Waals surface area contributed by atoms with Crippen molar-refractivity contribution < 1.29 is 4.79 Å². The number of anilines is 1. The van der Waals surface area contributed by atoms with Crippen molar-refractivity contribution >= 4 is 34.7 Å². The van der Waals surface area contributed by atoms with Gasteiger partial charge in [-0.25, -0.2) is 0 Å². The van der Waals surface area contributed by atoms with Gasteiger partial charge in [0.25, 0.3) is 0 Å². The van der Waals surface area contributed by atoms with Crippen molar-refractivity contribution in [3.63, 3.8) is 0 Å². The molecule has 30 heavy (non-hydrogen) atoms. The smallest absolute Gasteiger partial charge is 0.166 e. The first-order valence-electron chi connectivity index (χ1n) is 10.2. The maximum absolute atomic E-state index is 13.1. The molecule has 0 radical (unpaired) electrons. The van der Waals surface area contributed by atoms with E-state index in [4.69, 9.17) is 23.2 Å². The van der Waals surface area contributed by atoms with Gasteiger partial charge in [0.1, 0.15) is 0 Å². The molecule has 5 heteroatoms. The average Bonchev–Trinajstić information content (AvgIpc) is 2.79. The van der Waals surface area contributed by atoms with Gasteiger partial charge in [0.05, 0.1) is 5.02 Å². The van der Waals surface area contributed by atoms with Crippen molar-refractivity contribution in [3.8, 4) is 0 Å². The van der Waals surface area contributed by atoms with E-state index in [1.165, 1.54) is 5.69 Å². The van der Waals surface area contributed by atoms with Gasteiger partial charge in [-0.3, -0.25) is 9.69 Å². The van der Waals surface area contributed by atoms with E-state index >= 15 is 0 Å². The number of rotatable bonds is 6. The van der Waals surface area contributed by atoms with Crippen LogP contribution in [0.1, 0.15) is 28.4 Å². The molecule has 1 aliphatic heterocycles. The predicted octanol–water partition coefficient (Wildman–Crippen LogP) is 6.13. The molecule has 1 heterocycles. The molecule has 0 amide bonds. The Balaban J connectivity index is 1.52. The van der Waals surface area contributed by atoms with E-state index in [1.807, 2.05) is 24.3 Å². The highest BCUT2D eigenvalue weighted by molar-refractivity contribution is 6.36. The third-order valence-electron chi connectivity index (χ3n) is 5.67. The Hall–Kier alpha value is -2.33. The van der Waals surface area contributed by atoms with E-state index < -0.39 is 0 Å². The van der Waals surface area contributed by atoms with Gasteiger partial charge in [0.15, 0.2) is 5.78 Å². The number of benzene rings is 3. The van der Waals surface area contributed by atoms with E-state index in [1.54, 1.807) is 18.2 Å². The molecular formula is C25H24Cl2N2O. The van der Waals surface area contributed by atoms with Gasteiger partial charge in [0.2, 0.25) is 0 Å². The highest BCUT2D eigenvalue weighted by Crippen LogP contribution is 2.30. The summed E-state index contributed by atoms with van der Waals surface area (Å²) in [5.41, 5.74) is 2.94. The van der Waals surface area contributed by atoms with E-state index in [9.17, 15) is 4.79 Å². The molecule has 3 aromatic rings. The molecule has 1 fully saturated rings. The summed E-state index contributed by atoms with van der Waals surface area (Å²) >= 11 is 12.3. The second kappa shape index (κ2) is 9.65. The molecular weight excluding hydrogens is 415 g/mol. The molecule has 4 rings (SSSR count). The fourth-order valence-corrected chi connectivity index (χ4v) is 4.58. The Bertz CT molecular complexity index is 987. The quantitative estimate of drug-likeness (QED) is 0.432. The standard InChI is InChI=1S/C25H24Cl2N2O/c26-20-11-12-22(23(27)17-20)25(30)18-24(19-7-3-1-4-8-19)29-15-13-28(14-16-29)21-9-5-2-6-10-21/h1-12,17,24H,13-16,18H2/t24-/m0/s1. The van der Waals surface area contributed by atoms with Gasteiger partial charge < -0.3 is 4.90 Å². The van der Waals surface area contributed by atoms with Crippen molar-refractivity contribution in [2.24, 2.45) is 0 Å². The number of halogens is 2. The lowest BCUT2D eigenvalue weighted by atomic mass is 9.96. The van der Waals surface area contributed by atoms with Crippen molar-refractivity contribution in [2.45, 2.75) is 12.5 Å². The minimum atomic E-state index is 0.0170. The summed E-state index contributed by atoms with van der Waals surface area (Å²) in [6.07, 6.45) is 0.386. The largest absolute Gasteiger partial charge is 0.369 e. The fourth-order valence-electron chi connectivity index (χ4n) is 4.06. The minimum absolute atomic E-state index is 0.0170. The molecule has 0 unspecified atom stereocenters. The number of carbonyl (C=O) groups excluding carboxylic acids is 1. The first-order chi connectivity index (χ1) is 14.6. The second-order valence-electron chi connectivity index (χ2n) is 7.54.